The molecule has 1 amide bonds. The van der Waals surface area contributed by atoms with Crippen LogP contribution in [0.5, 0.6) is 0 Å². The maximum Gasteiger partial charge on any atom is 0.341 e. The molecule has 0 unspecified atom stereocenters. The molecule has 3 rings (SSSR count). The summed E-state index contributed by atoms with van der Waals surface area (Å²) in [6.07, 6.45) is 1.20. The van der Waals surface area contributed by atoms with Crippen LogP contribution in [0.3, 0.4) is 0 Å². The van der Waals surface area contributed by atoms with Gasteiger partial charge in [-0.3, -0.25) is 4.79 Å². The minimum absolute atomic E-state index is 0.0404. The summed E-state index contributed by atoms with van der Waals surface area (Å²) in [7, 11) is -3.97. The van der Waals surface area contributed by atoms with Crippen LogP contribution < -0.4 is 5.32 Å². The first-order valence-corrected chi connectivity index (χ1v) is 12.2. The number of piperidine rings is 1. The van der Waals surface area contributed by atoms with Crippen LogP contribution in [0, 0.1) is 19.8 Å². The van der Waals surface area contributed by atoms with Crippen molar-refractivity contribution in [1.29, 1.82) is 0 Å². The van der Waals surface area contributed by atoms with Gasteiger partial charge in [0.15, 0.2) is 0 Å². The molecule has 8 nitrogen and oxygen atoms in total. The number of carbonyl (C=O) groups excluding carboxylic acids is 2. The lowest BCUT2D eigenvalue weighted by atomic mass is 9.99. The Morgan fingerprint density at radius 1 is 1.33 bits per heavy atom. The third-order valence-electron chi connectivity index (χ3n) is 5.17. The van der Waals surface area contributed by atoms with Crippen molar-refractivity contribution in [3.8, 4) is 0 Å². The van der Waals surface area contributed by atoms with E-state index in [1.165, 1.54) is 4.31 Å². The topological polar surface area (TPSA) is 109 Å². The monoisotopic (exact) mass is 453 g/mol. The number of aromatic nitrogens is 1. The van der Waals surface area contributed by atoms with Crippen molar-refractivity contribution in [2.24, 2.45) is 5.92 Å². The molecule has 1 fully saturated rings. The number of nitrogens with zero attached hydrogens (tertiary/aromatic N) is 1. The van der Waals surface area contributed by atoms with Gasteiger partial charge in [-0.1, -0.05) is 6.07 Å². The van der Waals surface area contributed by atoms with Gasteiger partial charge in [0, 0.05) is 29.4 Å². The van der Waals surface area contributed by atoms with Crippen LogP contribution in [0.4, 0.5) is 0 Å². The fourth-order valence-electron chi connectivity index (χ4n) is 3.77. The number of H-pyrrole nitrogens is 1. The van der Waals surface area contributed by atoms with Gasteiger partial charge in [0.05, 0.1) is 19.1 Å². The van der Waals surface area contributed by atoms with Crippen LogP contribution in [0.1, 0.15) is 46.4 Å². The van der Waals surface area contributed by atoms with Crippen molar-refractivity contribution in [3.05, 3.63) is 39.3 Å². The van der Waals surface area contributed by atoms with Gasteiger partial charge in [-0.05, 0) is 45.1 Å². The number of nitrogens with one attached hydrogen (secondary N) is 2. The zero-order valence-electron chi connectivity index (χ0n) is 17.4. The van der Waals surface area contributed by atoms with Crippen LogP contribution in [0.15, 0.2) is 22.4 Å². The summed E-state index contributed by atoms with van der Waals surface area (Å²) in [4.78, 5) is 29.0. The summed E-state index contributed by atoms with van der Waals surface area (Å²) in [5.41, 5.74) is 0.880. The molecule has 0 aliphatic carbocycles. The van der Waals surface area contributed by atoms with Gasteiger partial charge in [0.25, 0.3) is 0 Å². The third-order valence-corrected chi connectivity index (χ3v) is 8.08. The Morgan fingerprint density at radius 2 is 2.10 bits per heavy atom. The lowest BCUT2D eigenvalue weighted by molar-refractivity contribution is -0.126. The van der Waals surface area contributed by atoms with Crippen LogP contribution in [-0.2, 0) is 26.1 Å². The molecule has 2 aromatic heterocycles. The maximum absolute atomic E-state index is 13.4. The number of amides is 1. The summed E-state index contributed by atoms with van der Waals surface area (Å²) in [5.74, 6) is -1.25. The molecule has 1 aliphatic heterocycles. The maximum atomic E-state index is 13.4. The first-order chi connectivity index (χ1) is 14.3. The predicted molar refractivity (Wildman–Crippen MR) is 114 cm³/mol. The molecule has 1 atom stereocenters. The largest absolute Gasteiger partial charge is 0.462 e. The van der Waals surface area contributed by atoms with Crippen molar-refractivity contribution < 1.29 is 22.7 Å². The van der Waals surface area contributed by atoms with E-state index in [9.17, 15) is 18.0 Å². The smallest absolute Gasteiger partial charge is 0.341 e. The van der Waals surface area contributed by atoms with Crippen molar-refractivity contribution >= 4 is 33.2 Å². The number of hydrogen-bond acceptors (Lipinski definition) is 6. The third kappa shape index (κ3) is 4.60. The highest BCUT2D eigenvalue weighted by atomic mass is 32.2. The van der Waals surface area contributed by atoms with E-state index in [0.717, 1.165) is 4.88 Å². The first kappa shape index (κ1) is 22.5. The molecular weight excluding hydrogens is 426 g/mol. The summed E-state index contributed by atoms with van der Waals surface area (Å²) < 4.78 is 33.2. The average Bonchev–Trinajstić information content (AvgIpc) is 3.33. The highest BCUT2D eigenvalue weighted by molar-refractivity contribution is 7.89. The van der Waals surface area contributed by atoms with Gasteiger partial charge in [0.1, 0.15) is 10.5 Å². The van der Waals surface area contributed by atoms with Gasteiger partial charge in [-0.2, -0.15) is 4.31 Å². The number of thiophene rings is 1. The summed E-state index contributed by atoms with van der Waals surface area (Å²) in [6, 6.07) is 3.86. The van der Waals surface area contributed by atoms with Crippen LogP contribution in [-0.4, -0.2) is 49.3 Å². The van der Waals surface area contributed by atoms with E-state index >= 15 is 0 Å². The molecule has 0 saturated carbocycles. The fraction of sp³-hybridized carbons (Fsp3) is 0.500. The van der Waals surface area contributed by atoms with Crippen molar-refractivity contribution in [2.45, 2.75) is 45.1 Å². The Balaban J connectivity index is 1.79. The molecule has 10 heteroatoms. The summed E-state index contributed by atoms with van der Waals surface area (Å²) >= 11 is 1.56. The molecule has 0 aromatic carbocycles. The molecule has 0 bridgehead atoms. The van der Waals surface area contributed by atoms with E-state index in [1.807, 2.05) is 17.5 Å². The van der Waals surface area contributed by atoms with Gasteiger partial charge in [-0.15, -0.1) is 11.3 Å². The number of ether oxygens (including phenoxy) is 1. The van der Waals surface area contributed by atoms with Gasteiger partial charge in [-0.25, -0.2) is 13.2 Å². The molecule has 3 heterocycles. The SMILES string of the molecule is CCOC(=O)c1c(C)[nH]c(C)c1S(=O)(=O)N1CCC[C@@H](C(=O)NCc2cccs2)C1. The molecule has 0 radical (unpaired) electrons. The van der Waals surface area contributed by atoms with E-state index in [1.54, 1.807) is 32.1 Å². The predicted octanol–water partition coefficient (Wildman–Crippen LogP) is 2.59. The number of rotatable bonds is 7. The van der Waals surface area contributed by atoms with E-state index in [2.05, 4.69) is 10.3 Å². The average molecular weight is 454 g/mol. The lowest BCUT2D eigenvalue weighted by Gasteiger charge is -2.31. The van der Waals surface area contributed by atoms with Crippen LogP contribution in [0.2, 0.25) is 0 Å². The number of esters is 1. The zero-order valence-corrected chi connectivity index (χ0v) is 19.0. The number of hydrogen-bond donors (Lipinski definition) is 2. The van der Waals surface area contributed by atoms with Crippen molar-refractivity contribution in [2.75, 3.05) is 19.7 Å². The van der Waals surface area contributed by atoms with E-state index < -0.39 is 21.9 Å². The molecular formula is C20H27N3O5S2. The molecule has 1 aliphatic rings. The van der Waals surface area contributed by atoms with Gasteiger partial charge < -0.3 is 15.0 Å². The normalized spacial score (nSPS) is 17.6. The molecule has 30 heavy (non-hydrogen) atoms. The van der Waals surface area contributed by atoms with E-state index in [4.69, 9.17) is 4.74 Å². The molecule has 2 N–H and O–H groups in total. The number of carbonyl (C=O) groups is 2. The highest BCUT2D eigenvalue weighted by Gasteiger charge is 2.38. The lowest BCUT2D eigenvalue weighted by Crippen LogP contribution is -2.45. The second-order valence-corrected chi connectivity index (χ2v) is 10.2. The van der Waals surface area contributed by atoms with Crippen LogP contribution >= 0.6 is 11.3 Å². The second kappa shape index (κ2) is 9.32. The molecule has 0 spiro atoms. The van der Waals surface area contributed by atoms with E-state index in [0.29, 0.717) is 37.3 Å². The Kier molecular flexibility index (Phi) is 6.99. The van der Waals surface area contributed by atoms with Gasteiger partial charge >= 0.3 is 5.97 Å². The second-order valence-electron chi connectivity index (χ2n) is 7.30. The minimum Gasteiger partial charge on any atom is -0.462 e. The summed E-state index contributed by atoms with van der Waals surface area (Å²) in [5, 5.41) is 4.84. The molecule has 1 saturated heterocycles. The van der Waals surface area contributed by atoms with Crippen molar-refractivity contribution in [1.82, 2.24) is 14.6 Å². The molecule has 164 valence electrons. The Hall–Kier alpha value is -2.17. The molecule has 2 aromatic rings. The minimum atomic E-state index is -3.97. The number of sulfonamides is 1. The van der Waals surface area contributed by atoms with Crippen molar-refractivity contribution in [3.63, 3.8) is 0 Å². The Bertz CT molecular complexity index is 1010. The van der Waals surface area contributed by atoms with Gasteiger partial charge in [0.2, 0.25) is 15.9 Å². The standard InChI is InChI=1S/C20H27N3O5S2/c1-4-28-20(25)17-13(2)22-14(3)18(17)30(26,27)23-9-5-7-15(12-23)19(24)21-11-16-8-6-10-29-16/h6,8,10,15,22H,4-5,7,9,11-12H2,1-3H3,(H,21,24)/t15-/m1/s1. The number of aryl methyl sites for hydroxylation is 2. The Labute approximate surface area is 180 Å². The quantitative estimate of drug-likeness (QED) is 0.627. The highest BCUT2D eigenvalue weighted by Crippen LogP contribution is 2.30. The van der Waals surface area contributed by atoms with Crippen LogP contribution in [0.25, 0.3) is 0 Å². The fourth-order valence-corrected chi connectivity index (χ4v) is 6.35. The first-order valence-electron chi connectivity index (χ1n) is 9.92. The number of aromatic amines is 1. The van der Waals surface area contributed by atoms with E-state index in [-0.39, 0.29) is 29.5 Å². The summed E-state index contributed by atoms with van der Waals surface area (Å²) in [6.45, 7) is 5.92. The zero-order chi connectivity index (χ0) is 21.9. The Morgan fingerprint density at radius 3 is 2.77 bits per heavy atom.